The number of aromatic nitrogens is 2. The van der Waals surface area contributed by atoms with Crippen molar-refractivity contribution in [3.05, 3.63) is 47.3 Å². The molecule has 3 heterocycles. The topological polar surface area (TPSA) is 77.8 Å². The van der Waals surface area contributed by atoms with E-state index in [0.29, 0.717) is 13.2 Å². The third-order valence-electron chi connectivity index (χ3n) is 5.16. The number of benzene rings is 1. The van der Waals surface area contributed by atoms with Crippen molar-refractivity contribution in [2.45, 2.75) is 51.0 Å². The molecule has 4 rings (SSSR count). The van der Waals surface area contributed by atoms with E-state index in [1.807, 2.05) is 48.9 Å². The van der Waals surface area contributed by atoms with Crippen LogP contribution in [0, 0.1) is 13.8 Å². The highest BCUT2D eigenvalue weighted by Crippen LogP contribution is 2.36. The van der Waals surface area contributed by atoms with Crippen LogP contribution in [0.5, 0.6) is 5.75 Å². The first kappa shape index (κ1) is 17.5. The van der Waals surface area contributed by atoms with Gasteiger partial charge >= 0.3 is 0 Å². The fraction of sp³-hybridized carbons (Fsp3) is 0.526. The zero-order valence-electron chi connectivity index (χ0n) is 15.3. The summed E-state index contributed by atoms with van der Waals surface area (Å²) >= 11 is 0. The van der Waals surface area contributed by atoms with Crippen LogP contribution in [0.25, 0.3) is 0 Å². The SMILES string of the molecule is COc1ccc(CNC2C3COC(O3)C(n3nc(C)cc3C)C2O)cc1. The molecule has 2 aliphatic rings. The van der Waals surface area contributed by atoms with E-state index in [4.69, 9.17) is 14.2 Å². The van der Waals surface area contributed by atoms with Crippen LogP contribution in [0.4, 0.5) is 0 Å². The number of rotatable bonds is 5. The summed E-state index contributed by atoms with van der Waals surface area (Å²) in [6, 6.07) is 9.27. The molecule has 1 aromatic carbocycles. The van der Waals surface area contributed by atoms with Gasteiger partial charge in [0.05, 0.1) is 31.6 Å². The predicted octanol–water partition coefficient (Wildman–Crippen LogP) is 1.32. The minimum Gasteiger partial charge on any atom is -0.497 e. The lowest BCUT2D eigenvalue weighted by Crippen LogP contribution is -2.57. The molecule has 0 aliphatic carbocycles. The number of hydrogen-bond donors (Lipinski definition) is 2. The highest BCUT2D eigenvalue weighted by Gasteiger charge is 2.51. The smallest absolute Gasteiger partial charge is 0.183 e. The zero-order valence-corrected chi connectivity index (χ0v) is 15.3. The Morgan fingerprint density at radius 3 is 2.73 bits per heavy atom. The summed E-state index contributed by atoms with van der Waals surface area (Å²) in [6.07, 6.45) is -1.29. The molecule has 2 aromatic rings. The van der Waals surface area contributed by atoms with Gasteiger partial charge in [0, 0.05) is 12.2 Å². The average Bonchev–Trinajstić information content (AvgIpc) is 3.20. The van der Waals surface area contributed by atoms with Crippen LogP contribution in [-0.4, -0.2) is 53.1 Å². The second-order valence-electron chi connectivity index (χ2n) is 6.98. The van der Waals surface area contributed by atoms with Gasteiger partial charge in [0.1, 0.15) is 17.9 Å². The number of fused-ring (bicyclic) bond motifs is 2. The van der Waals surface area contributed by atoms with Crippen molar-refractivity contribution in [2.75, 3.05) is 13.7 Å². The summed E-state index contributed by atoms with van der Waals surface area (Å²) in [4.78, 5) is 0. The highest BCUT2D eigenvalue weighted by atomic mass is 16.7. The monoisotopic (exact) mass is 359 g/mol. The third kappa shape index (κ3) is 3.12. The summed E-state index contributed by atoms with van der Waals surface area (Å²) in [5.41, 5.74) is 3.01. The Labute approximate surface area is 152 Å². The molecule has 0 amide bonds. The van der Waals surface area contributed by atoms with Crippen molar-refractivity contribution < 1.29 is 19.3 Å². The molecule has 2 bridgehead atoms. The van der Waals surface area contributed by atoms with Gasteiger partial charge in [-0.2, -0.15) is 5.10 Å². The van der Waals surface area contributed by atoms with Gasteiger partial charge in [0.15, 0.2) is 6.29 Å². The second kappa shape index (κ2) is 7.00. The summed E-state index contributed by atoms with van der Waals surface area (Å²) in [5.74, 6) is 0.825. The molecule has 26 heavy (non-hydrogen) atoms. The predicted molar refractivity (Wildman–Crippen MR) is 95.0 cm³/mol. The van der Waals surface area contributed by atoms with Gasteiger partial charge in [-0.25, -0.2) is 0 Å². The molecule has 7 heteroatoms. The van der Waals surface area contributed by atoms with Crippen LogP contribution >= 0.6 is 0 Å². The second-order valence-corrected chi connectivity index (χ2v) is 6.98. The number of ether oxygens (including phenoxy) is 3. The maximum atomic E-state index is 11.1. The molecule has 5 unspecified atom stereocenters. The molecule has 2 saturated heterocycles. The first-order chi connectivity index (χ1) is 12.6. The van der Waals surface area contributed by atoms with Gasteiger partial charge in [0.25, 0.3) is 0 Å². The molecule has 5 atom stereocenters. The number of aryl methyl sites for hydroxylation is 2. The summed E-state index contributed by atoms with van der Waals surface area (Å²) < 4.78 is 18.8. The minimum absolute atomic E-state index is 0.165. The average molecular weight is 359 g/mol. The zero-order chi connectivity index (χ0) is 18.3. The summed E-state index contributed by atoms with van der Waals surface area (Å²) in [7, 11) is 1.65. The Morgan fingerprint density at radius 2 is 2.08 bits per heavy atom. The van der Waals surface area contributed by atoms with Gasteiger partial charge < -0.3 is 24.6 Å². The van der Waals surface area contributed by atoms with E-state index in [1.165, 1.54) is 0 Å². The standard InChI is InChI=1S/C19H25N3O4/c1-11-8-12(2)22(21-11)17-18(23)16(15-10-25-19(17)26-15)20-9-13-4-6-14(24-3)7-5-13/h4-8,15-20,23H,9-10H2,1-3H3. The molecule has 140 valence electrons. The largest absolute Gasteiger partial charge is 0.497 e. The Morgan fingerprint density at radius 1 is 1.31 bits per heavy atom. The van der Waals surface area contributed by atoms with E-state index >= 15 is 0 Å². The molecular weight excluding hydrogens is 334 g/mol. The fourth-order valence-electron chi connectivity index (χ4n) is 3.84. The van der Waals surface area contributed by atoms with Crippen LogP contribution in [0.2, 0.25) is 0 Å². The van der Waals surface area contributed by atoms with Crippen molar-refractivity contribution in [1.82, 2.24) is 15.1 Å². The van der Waals surface area contributed by atoms with Crippen molar-refractivity contribution in [3.8, 4) is 5.75 Å². The van der Waals surface area contributed by atoms with Crippen LogP contribution in [0.15, 0.2) is 30.3 Å². The number of aliphatic hydroxyl groups excluding tert-OH is 1. The maximum absolute atomic E-state index is 11.1. The van der Waals surface area contributed by atoms with Crippen LogP contribution < -0.4 is 10.1 Å². The molecule has 2 N–H and O–H groups in total. The van der Waals surface area contributed by atoms with E-state index in [9.17, 15) is 5.11 Å². The van der Waals surface area contributed by atoms with Gasteiger partial charge in [-0.05, 0) is 37.6 Å². The van der Waals surface area contributed by atoms with Gasteiger partial charge in [-0.3, -0.25) is 4.68 Å². The molecule has 0 spiro atoms. The molecule has 2 fully saturated rings. The molecule has 0 radical (unpaired) electrons. The highest BCUT2D eigenvalue weighted by molar-refractivity contribution is 5.27. The van der Waals surface area contributed by atoms with E-state index in [-0.39, 0.29) is 18.2 Å². The quantitative estimate of drug-likeness (QED) is 0.839. The van der Waals surface area contributed by atoms with E-state index in [2.05, 4.69) is 10.4 Å². The van der Waals surface area contributed by atoms with Crippen LogP contribution in [0.3, 0.4) is 0 Å². The molecule has 0 saturated carbocycles. The molecular formula is C19H25N3O4. The lowest BCUT2D eigenvalue weighted by molar-refractivity contribution is -0.168. The minimum atomic E-state index is -0.655. The maximum Gasteiger partial charge on any atom is 0.183 e. The molecule has 2 aliphatic heterocycles. The fourth-order valence-corrected chi connectivity index (χ4v) is 3.84. The van der Waals surface area contributed by atoms with Crippen LogP contribution in [-0.2, 0) is 16.0 Å². The number of methoxy groups -OCH3 is 1. The number of aliphatic hydroxyl groups is 1. The Hall–Kier alpha value is -1.93. The van der Waals surface area contributed by atoms with Crippen molar-refractivity contribution in [1.29, 1.82) is 0 Å². The van der Waals surface area contributed by atoms with E-state index in [1.54, 1.807) is 7.11 Å². The molecule has 1 aromatic heterocycles. The number of nitrogens with zero attached hydrogens (tertiary/aromatic N) is 2. The number of hydrogen-bond acceptors (Lipinski definition) is 6. The lowest BCUT2D eigenvalue weighted by atomic mass is 9.95. The molecule has 7 nitrogen and oxygen atoms in total. The van der Waals surface area contributed by atoms with Crippen LogP contribution in [0.1, 0.15) is 23.0 Å². The van der Waals surface area contributed by atoms with Gasteiger partial charge in [0.2, 0.25) is 0 Å². The van der Waals surface area contributed by atoms with E-state index in [0.717, 1.165) is 22.7 Å². The van der Waals surface area contributed by atoms with Crippen molar-refractivity contribution in [3.63, 3.8) is 0 Å². The van der Waals surface area contributed by atoms with E-state index < -0.39 is 12.4 Å². The first-order valence-electron chi connectivity index (χ1n) is 8.91. The first-order valence-corrected chi connectivity index (χ1v) is 8.91. The number of nitrogens with one attached hydrogen (secondary N) is 1. The Kier molecular flexibility index (Phi) is 4.71. The normalized spacial score (nSPS) is 30.5. The van der Waals surface area contributed by atoms with Crippen molar-refractivity contribution >= 4 is 0 Å². The summed E-state index contributed by atoms with van der Waals surface area (Å²) in [5, 5.41) is 19.0. The van der Waals surface area contributed by atoms with Crippen molar-refractivity contribution in [2.24, 2.45) is 0 Å². The van der Waals surface area contributed by atoms with Gasteiger partial charge in [-0.1, -0.05) is 12.1 Å². The summed E-state index contributed by atoms with van der Waals surface area (Å²) in [6.45, 7) is 5.02. The lowest BCUT2D eigenvalue weighted by Gasteiger charge is -2.39. The Bertz CT molecular complexity index is 761. The van der Waals surface area contributed by atoms with Gasteiger partial charge in [-0.15, -0.1) is 0 Å². The Balaban J connectivity index is 1.51. The third-order valence-corrected chi connectivity index (χ3v) is 5.16.